The molecule has 0 spiro atoms. The van der Waals surface area contributed by atoms with Crippen molar-refractivity contribution in [2.75, 3.05) is 6.61 Å². The van der Waals surface area contributed by atoms with Crippen LogP contribution in [0.3, 0.4) is 0 Å². The maximum atomic E-state index is 13.1. The molecule has 2 amide bonds. The van der Waals surface area contributed by atoms with Gasteiger partial charge < -0.3 is 25.7 Å². The van der Waals surface area contributed by atoms with Crippen LogP contribution >= 0.6 is 0 Å². The summed E-state index contributed by atoms with van der Waals surface area (Å²) in [4.78, 5) is 43.2. The van der Waals surface area contributed by atoms with Gasteiger partial charge in [-0.15, -0.1) is 6.42 Å². The van der Waals surface area contributed by atoms with Gasteiger partial charge in [0.1, 0.15) is 17.7 Å². The van der Waals surface area contributed by atoms with E-state index in [0.717, 1.165) is 56.2 Å². The normalized spacial score (nSPS) is 33.8. The molecule has 0 aliphatic heterocycles. The topological polar surface area (TPSA) is 137 Å². The molecule has 5 rings (SSSR count). The maximum absolute atomic E-state index is 13.1. The van der Waals surface area contributed by atoms with E-state index in [2.05, 4.69) is 41.6 Å². The number of carbonyl (C=O) groups is 3. The maximum Gasteiger partial charge on any atom is 0.326 e. The number of aliphatic hydroxyl groups is 1. The molecule has 46 heavy (non-hydrogen) atoms. The number of amides is 2. The Morgan fingerprint density at radius 1 is 1.04 bits per heavy atom. The van der Waals surface area contributed by atoms with Crippen LogP contribution in [0.2, 0.25) is 0 Å². The molecule has 3 saturated carbocycles. The number of nitrogens with one attached hydrogen (secondary N) is 2. The van der Waals surface area contributed by atoms with Crippen LogP contribution in [0, 0.1) is 46.8 Å². The van der Waals surface area contributed by atoms with E-state index >= 15 is 0 Å². The number of terminal acetylenes is 1. The summed E-state index contributed by atoms with van der Waals surface area (Å²) in [6, 6.07) is 7.02. The predicted octanol–water partition coefficient (Wildman–Crippen LogP) is 4.64. The molecule has 0 saturated heterocycles. The molecule has 8 atom stereocenters. The first-order chi connectivity index (χ1) is 21.8. The second kappa shape index (κ2) is 13.2. The molecule has 0 heterocycles. The summed E-state index contributed by atoms with van der Waals surface area (Å²) in [5.74, 6) is 1.81. The second-order valence-corrected chi connectivity index (χ2v) is 14.7. The summed E-state index contributed by atoms with van der Waals surface area (Å²) < 4.78 is 0. The minimum Gasteiger partial charge on any atom is -0.480 e. The van der Waals surface area contributed by atoms with Gasteiger partial charge in [-0.05, 0) is 92.1 Å². The monoisotopic (exact) mass is 631 g/mol. The van der Waals surface area contributed by atoms with Gasteiger partial charge in [-0.25, -0.2) is 4.79 Å². The predicted molar refractivity (Wildman–Crippen MR) is 175 cm³/mol. The second-order valence-electron chi connectivity index (χ2n) is 14.7. The van der Waals surface area contributed by atoms with E-state index < -0.39 is 35.5 Å². The largest absolute Gasteiger partial charge is 0.480 e. The van der Waals surface area contributed by atoms with Crippen LogP contribution in [0.15, 0.2) is 47.1 Å². The summed E-state index contributed by atoms with van der Waals surface area (Å²) >= 11 is 0. The molecular formula is C37H49N3O6. The lowest BCUT2D eigenvalue weighted by molar-refractivity contribution is -0.142. The lowest BCUT2D eigenvalue weighted by Gasteiger charge is -2.58. The van der Waals surface area contributed by atoms with Gasteiger partial charge in [-0.1, -0.05) is 74.7 Å². The third-order valence-corrected chi connectivity index (χ3v) is 11.9. The summed E-state index contributed by atoms with van der Waals surface area (Å²) in [5.41, 5.74) is 1.84. The Morgan fingerprint density at radius 3 is 2.43 bits per heavy atom. The molecule has 0 unspecified atom stereocenters. The van der Waals surface area contributed by atoms with E-state index in [0.29, 0.717) is 24.2 Å². The molecule has 4 N–H and O–H groups in total. The van der Waals surface area contributed by atoms with Crippen molar-refractivity contribution >= 4 is 23.5 Å². The number of hydrogen-bond donors (Lipinski definition) is 4. The number of carboxylic acids is 1. The highest BCUT2D eigenvalue weighted by Crippen LogP contribution is 2.67. The van der Waals surface area contributed by atoms with Crippen molar-refractivity contribution in [3.05, 3.63) is 47.5 Å². The molecule has 248 valence electrons. The van der Waals surface area contributed by atoms with Crippen LogP contribution in [0.1, 0.15) is 84.6 Å². The van der Waals surface area contributed by atoms with Gasteiger partial charge in [0.2, 0.25) is 5.91 Å². The molecule has 1 aromatic carbocycles. The fourth-order valence-corrected chi connectivity index (χ4v) is 9.13. The average Bonchev–Trinajstić information content (AvgIpc) is 3.30. The van der Waals surface area contributed by atoms with E-state index in [-0.39, 0.29) is 29.8 Å². The molecule has 0 bridgehead atoms. The number of carbonyl (C=O) groups excluding carboxylic acids is 2. The number of nitrogens with zero attached hydrogens (tertiary/aromatic N) is 1. The number of rotatable bonds is 10. The van der Waals surface area contributed by atoms with Gasteiger partial charge >= 0.3 is 5.97 Å². The summed E-state index contributed by atoms with van der Waals surface area (Å²) in [5, 5.41) is 30.5. The third-order valence-electron chi connectivity index (χ3n) is 11.9. The summed E-state index contributed by atoms with van der Waals surface area (Å²) in [7, 11) is 0. The Morgan fingerprint density at radius 2 is 1.76 bits per heavy atom. The van der Waals surface area contributed by atoms with Crippen molar-refractivity contribution in [1.82, 2.24) is 10.6 Å². The third kappa shape index (κ3) is 6.33. The van der Waals surface area contributed by atoms with Crippen molar-refractivity contribution < 1.29 is 29.4 Å². The van der Waals surface area contributed by atoms with Gasteiger partial charge in [-0.3, -0.25) is 9.59 Å². The van der Waals surface area contributed by atoms with Crippen LogP contribution in [0.25, 0.3) is 0 Å². The lowest BCUT2D eigenvalue weighted by atomic mass is 9.46. The number of oxime groups is 1. The van der Waals surface area contributed by atoms with Gasteiger partial charge in [0.05, 0.1) is 5.71 Å². The number of aliphatic carboxylic acids is 1. The number of allylic oxidation sites excluding steroid dienone is 2. The summed E-state index contributed by atoms with van der Waals surface area (Å²) in [6.45, 7) is 7.82. The Bertz CT molecular complexity index is 1430. The molecule has 9 heteroatoms. The number of benzene rings is 1. The van der Waals surface area contributed by atoms with Crippen LogP contribution in [0.4, 0.5) is 0 Å². The quantitative estimate of drug-likeness (QED) is 0.219. The molecule has 1 aromatic rings. The zero-order valence-electron chi connectivity index (χ0n) is 27.6. The van der Waals surface area contributed by atoms with Crippen molar-refractivity contribution in [3.8, 4) is 12.3 Å². The van der Waals surface area contributed by atoms with Gasteiger partial charge in [0.15, 0.2) is 6.61 Å². The Hall–Kier alpha value is -3.64. The van der Waals surface area contributed by atoms with Crippen molar-refractivity contribution in [2.24, 2.45) is 39.7 Å². The SMILES string of the molecule is C#C[C@@]1(O)CC[C@H]2[C@@H]3CCC4=C/C(=N\OCC(=O)N[C@H](C(=O)N[C@H](Cc5ccccc5)C(=O)O)C(C)C)CC[C@]4(C)[C@H]3CC[C@@]21C. The Balaban J connectivity index is 1.16. The van der Waals surface area contributed by atoms with Crippen LogP contribution in [0.5, 0.6) is 0 Å². The van der Waals surface area contributed by atoms with E-state index in [1.54, 1.807) is 26.0 Å². The molecule has 0 aromatic heterocycles. The van der Waals surface area contributed by atoms with E-state index in [1.807, 2.05) is 18.2 Å². The molecule has 4 aliphatic rings. The van der Waals surface area contributed by atoms with E-state index in [1.165, 1.54) is 5.57 Å². The lowest BCUT2D eigenvalue weighted by Crippen LogP contribution is -2.54. The molecular weight excluding hydrogens is 582 g/mol. The van der Waals surface area contributed by atoms with Gasteiger partial charge in [0, 0.05) is 11.8 Å². The zero-order chi connectivity index (χ0) is 33.3. The molecule has 0 radical (unpaired) electrons. The minimum absolute atomic E-state index is 0.0731. The zero-order valence-corrected chi connectivity index (χ0v) is 27.6. The summed E-state index contributed by atoms with van der Waals surface area (Å²) in [6.07, 6.45) is 15.6. The first kappa shape index (κ1) is 33.7. The Labute approximate surface area is 272 Å². The average molecular weight is 632 g/mol. The van der Waals surface area contributed by atoms with Gasteiger partial charge in [-0.2, -0.15) is 0 Å². The first-order valence-electron chi connectivity index (χ1n) is 16.8. The number of fused-ring (bicyclic) bond motifs is 5. The smallest absolute Gasteiger partial charge is 0.326 e. The molecule has 4 aliphatic carbocycles. The van der Waals surface area contributed by atoms with Crippen LogP contribution in [-0.4, -0.2) is 58.0 Å². The van der Waals surface area contributed by atoms with Crippen LogP contribution in [-0.2, 0) is 25.6 Å². The highest BCUT2D eigenvalue weighted by molar-refractivity contribution is 5.96. The number of carboxylic acid groups (broad SMARTS) is 1. The minimum atomic E-state index is -1.15. The number of hydrogen-bond acceptors (Lipinski definition) is 6. The Kier molecular flexibility index (Phi) is 9.70. The standard InChI is InChI=1S/C37H49N3O6/c1-6-37(45)19-16-29-27-13-12-25-21-26(14-17-35(25,4)28(27)15-18-36(29,37)5)40-46-22-31(41)39-32(23(2)3)33(42)38-30(34(43)44)20-24-10-8-7-9-11-24/h1,7-11,21,23,27-30,32,45H,12-20,22H2,2-5H3,(H,38,42)(H,39,41)(H,43,44)/b40-26-/t27-,28+,29+,30-,32+,35+,36+,37-/m1/s1. The highest BCUT2D eigenvalue weighted by atomic mass is 16.6. The fourth-order valence-electron chi connectivity index (χ4n) is 9.13. The molecule has 3 fully saturated rings. The fraction of sp³-hybridized carbons (Fsp3) is 0.622. The van der Waals surface area contributed by atoms with Crippen molar-refractivity contribution in [3.63, 3.8) is 0 Å². The first-order valence-corrected chi connectivity index (χ1v) is 16.8. The van der Waals surface area contributed by atoms with Crippen molar-refractivity contribution in [1.29, 1.82) is 0 Å². The van der Waals surface area contributed by atoms with Crippen molar-refractivity contribution in [2.45, 2.75) is 103 Å². The van der Waals surface area contributed by atoms with Crippen LogP contribution < -0.4 is 10.6 Å². The van der Waals surface area contributed by atoms with E-state index in [9.17, 15) is 24.6 Å². The highest BCUT2D eigenvalue weighted by Gasteiger charge is 2.63. The molecule has 9 nitrogen and oxygen atoms in total. The van der Waals surface area contributed by atoms with Gasteiger partial charge in [0.25, 0.3) is 5.91 Å². The van der Waals surface area contributed by atoms with E-state index in [4.69, 9.17) is 11.3 Å².